The van der Waals surface area contributed by atoms with Crippen LogP contribution in [0.4, 0.5) is 4.79 Å². The fourth-order valence-corrected chi connectivity index (χ4v) is 3.21. The number of carbonyl (C=O) groups is 2. The van der Waals surface area contributed by atoms with Crippen molar-refractivity contribution in [1.29, 1.82) is 0 Å². The standard InChI is InChI=1S/C20H24N4O3/c1-15-4-2-6-17(12-15)18(19(25)26)22-20(27)24-10-8-23(9-11-24)14-16-5-3-7-21-13-16/h2-7,12-13,18H,8-11,14H2,1H3,(H,22,27)(H,25,26)/t18-/m0/s1. The average molecular weight is 368 g/mol. The van der Waals surface area contributed by atoms with Crippen molar-refractivity contribution in [1.82, 2.24) is 20.1 Å². The topological polar surface area (TPSA) is 85.8 Å². The highest BCUT2D eigenvalue weighted by Crippen LogP contribution is 2.16. The molecule has 0 unspecified atom stereocenters. The first-order chi connectivity index (χ1) is 13.0. The Labute approximate surface area is 158 Å². The molecule has 0 radical (unpaired) electrons. The molecule has 1 fully saturated rings. The molecule has 2 N–H and O–H groups in total. The van der Waals surface area contributed by atoms with E-state index in [0.29, 0.717) is 18.7 Å². The second-order valence-corrected chi connectivity index (χ2v) is 6.76. The highest BCUT2D eigenvalue weighted by Gasteiger charge is 2.27. The maximum atomic E-state index is 12.6. The lowest BCUT2D eigenvalue weighted by atomic mass is 10.0. The Balaban J connectivity index is 1.56. The van der Waals surface area contributed by atoms with Crippen molar-refractivity contribution in [3.63, 3.8) is 0 Å². The Morgan fingerprint density at radius 1 is 1.19 bits per heavy atom. The maximum absolute atomic E-state index is 12.6. The van der Waals surface area contributed by atoms with Crippen LogP contribution in [-0.2, 0) is 11.3 Å². The Kier molecular flexibility index (Phi) is 6.03. The van der Waals surface area contributed by atoms with Crippen LogP contribution >= 0.6 is 0 Å². The molecular weight excluding hydrogens is 344 g/mol. The zero-order valence-corrected chi connectivity index (χ0v) is 15.3. The highest BCUT2D eigenvalue weighted by molar-refractivity contribution is 5.83. The van der Waals surface area contributed by atoms with Crippen LogP contribution in [0.3, 0.4) is 0 Å². The summed E-state index contributed by atoms with van der Waals surface area (Å²) >= 11 is 0. The number of hydrogen-bond acceptors (Lipinski definition) is 4. The quantitative estimate of drug-likeness (QED) is 0.844. The lowest BCUT2D eigenvalue weighted by Gasteiger charge is -2.35. The minimum absolute atomic E-state index is 0.343. The molecule has 2 amide bonds. The molecule has 3 rings (SSSR count). The van der Waals surface area contributed by atoms with Gasteiger partial charge < -0.3 is 15.3 Å². The summed E-state index contributed by atoms with van der Waals surface area (Å²) in [5.41, 5.74) is 2.67. The van der Waals surface area contributed by atoms with E-state index in [1.165, 1.54) is 0 Å². The molecule has 27 heavy (non-hydrogen) atoms. The van der Waals surface area contributed by atoms with Crippen LogP contribution in [-0.4, -0.2) is 58.1 Å². The summed E-state index contributed by atoms with van der Waals surface area (Å²) in [6.07, 6.45) is 3.59. The average Bonchev–Trinajstić information content (AvgIpc) is 2.67. The number of hydrogen-bond donors (Lipinski definition) is 2. The summed E-state index contributed by atoms with van der Waals surface area (Å²) in [6, 6.07) is 9.75. The minimum atomic E-state index is -1.07. The first-order valence-electron chi connectivity index (χ1n) is 8.99. The van der Waals surface area contributed by atoms with Gasteiger partial charge in [-0.05, 0) is 24.1 Å². The monoisotopic (exact) mass is 368 g/mol. The van der Waals surface area contributed by atoms with E-state index in [2.05, 4.69) is 15.2 Å². The first kappa shape index (κ1) is 18.8. The van der Waals surface area contributed by atoms with Gasteiger partial charge >= 0.3 is 12.0 Å². The Morgan fingerprint density at radius 2 is 1.96 bits per heavy atom. The van der Waals surface area contributed by atoms with Crippen molar-refractivity contribution in [3.8, 4) is 0 Å². The fourth-order valence-electron chi connectivity index (χ4n) is 3.21. The molecule has 7 heteroatoms. The first-order valence-corrected chi connectivity index (χ1v) is 8.99. The van der Waals surface area contributed by atoms with E-state index in [1.807, 2.05) is 31.3 Å². The minimum Gasteiger partial charge on any atom is -0.479 e. The van der Waals surface area contributed by atoms with Gasteiger partial charge in [-0.1, -0.05) is 35.9 Å². The smallest absolute Gasteiger partial charge is 0.330 e. The van der Waals surface area contributed by atoms with E-state index >= 15 is 0 Å². The molecule has 7 nitrogen and oxygen atoms in total. The zero-order chi connectivity index (χ0) is 19.2. The van der Waals surface area contributed by atoms with Gasteiger partial charge in [0.05, 0.1) is 0 Å². The van der Waals surface area contributed by atoms with Crippen LogP contribution < -0.4 is 5.32 Å². The third-order valence-corrected chi connectivity index (χ3v) is 4.68. The van der Waals surface area contributed by atoms with Crippen molar-refractivity contribution >= 4 is 12.0 Å². The predicted molar refractivity (Wildman–Crippen MR) is 101 cm³/mol. The molecule has 1 aromatic heterocycles. The number of pyridine rings is 1. The third kappa shape index (κ3) is 5.04. The van der Waals surface area contributed by atoms with Gasteiger partial charge in [0.1, 0.15) is 0 Å². The number of aliphatic carboxylic acids is 1. The molecular formula is C20H24N4O3. The number of rotatable bonds is 5. The highest BCUT2D eigenvalue weighted by atomic mass is 16.4. The number of piperazine rings is 1. The number of nitrogens with zero attached hydrogens (tertiary/aromatic N) is 3. The lowest BCUT2D eigenvalue weighted by Crippen LogP contribution is -2.52. The fraction of sp³-hybridized carbons (Fsp3) is 0.350. The van der Waals surface area contributed by atoms with Crippen molar-refractivity contribution in [2.45, 2.75) is 19.5 Å². The number of nitrogens with one attached hydrogen (secondary N) is 1. The molecule has 1 aliphatic heterocycles. The van der Waals surface area contributed by atoms with Gasteiger partial charge in [0.15, 0.2) is 6.04 Å². The number of aromatic nitrogens is 1. The number of benzene rings is 1. The van der Waals surface area contributed by atoms with Gasteiger partial charge in [-0.15, -0.1) is 0 Å². The van der Waals surface area contributed by atoms with Crippen molar-refractivity contribution in [3.05, 3.63) is 65.5 Å². The van der Waals surface area contributed by atoms with Crippen LogP contribution in [0, 0.1) is 6.92 Å². The number of aryl methyl sites for hydroxylation is 1. The Hall–Kier alpha value is -2.93. The number of carboxylic acids is 1. The number of carbonyl (C=O) groups excluding carboxylic acids is 1. The second kappa shape index (κ2) is 8.64. The van der Waals surface area contributed by atoms with Crippen LogP contribution in [0.5, 0.6) is 0 Å². The summed E-state index contributed by atoms with van der Waals surface area (Å²) < 4.78 is 0. The number of amides is 2. The molecule has 0 saturated carbocycles. The molecule has 0 aliphatic carbocycles. The van der Waals surface area contributed by atoms with Crippen LogP contribution in [0.15, 0.2) is 48.8 Å². The molecule has 2 heterocycles. The Bertz CT molecular complexity index is 789. The predicted octanol–water partition coefficient (Wildman–Crippen LogP) is 2.04. The van der Waals surface area contributed by atoms with Crippen LogP contribution in [0.1, 0.15) is 22.7 Å². The maximum Gasteiger partial charge on any atom is 0.330 e. The Morgan fingerprint density at radius 3 is 2.59 bits per heavy atom. The second-order valence-electron chi connectivity index (χ2n) is 6.76. The van der Waals surface area contributed by atoms with Gasteiger partial charge in [-0.3, -0.25) is 9.88 Å². The van der Waals surface area contributed by atoms with Crippen LogP contribution in [0.2, 0.25) is 0 Å². The van der Waals surface area contributed by atoms with E-state index in [0.717, 1.165) is 30.8 Å². The van der Waals surface area contributed by atoms with E-state index < -0.39 is 12.0 Å². The molecule has 1 saturated heterocycles. The van der Waals surface area contributed by atoms with Crippen molar-refractivity contribution in [2.24, 2.45) is 0 Å². The zero-order valence-electron chi connectivity index (χ0n) is 15.3. The summed E-state index contributed by atoms with van der Waals surface area (Å²) in [7, 11) is 0. The largest absolute Gasteiger partial charge is 0.479 e. The van der Waals surface area contributed by atoms with E-state index in [1.54, 1.807) is 29.3 Å². The molecule has 1 atom stereocenters. The third-order valence-electron chi connectivity index (χ3n) is 4.68. The molecule has 142 valence electrons. The SMILES string of the molecule is Cc1cccc([C@H](NC(=O)N2CCN(Cc3cccnc3)CC2)C(=O)O)c1. The van der Waals surface area contributed by atoms with Crippen LogP contribution in [0.25, 0.3) is 0 Å². The van der Waals surface area contributed by atoms with Gasteiger partial charge in [-0.25, -0.2) is 9.59 Å². The normalized spacial score (nSPS) is 16.0. The molecule has 0 bridgehead atoms. The van der Waals surface area contributed by atoms with Crippen molar-refractivity contribution < 1.29 is 14.7 Å². The summed E-state index contributed by atoms with van der Waals surface area (Å²) in [6.45, 7) is 5.30. The van der Waals surface area contributed by atoms with Gasteiger partial charge in [0.25, 0.3) is 0 Å². The molecule has 0 spiro atoms. The summed E-state index contributed by atoms with van der Waals surface area (Å²) in [5, 5.41) is 12.2. The van der Waals surface area contributed by atoms with Gasteiger partial charge in [0.2, 0.25) is 0 Å². The molecule has 2 aromatic rings. The van der Waals surface area contributed by atoms with E-state index in [9.17, 15) is 14.7 Å². The lowest BCUT2D eigenvalue weighted by molar-refractivity contribution is -0.139. The molecule has 1 aliphatic rings. The summed E-state index contributed by atoms with van der Waals surface area (Å²) in [4.78, 5) is 32.2. The molecule has 1 aromatic carbocycles. The number of carboxylic acid groups (broad SMARTS) is 1. The van der Waals surface area contributed by atoms with Crippen molar-refractivity contribution in [2.75, 3.05) is 26.2 Å². The van der Waals surface area contributed by atoms with Gasteiger partial charge in [-0.2, -0.15) is 0 Å². The van der Waals surface area contributed by atoms with Gasteiger partial charge in [0, 0.05) is 45.1 Å². The van der Waals surface area contributed by atoms with E-state index in [4.69, 9.17) is 0 Å². The number of urea groups is 1. The van der Waals surface area contributed by atoms with E-state index in [-0.39, 0.29) is 6.03 Å². The summed E-state index contributed by atoms with van der Waals surface area (Å²) in [5.74, 6) is -1.07.